The minimum Gasteiger partial charge on any atom is -0.497 e. The maximum atomic E-state index is 13.1. The Bertz CT molecular complexity index is 791. The Morgan fingerprint density at radius 3 is 2.48 bits per heavy atom. The molecule has 154 valence electrons. The van der Waals surface area contributed by atoms with Crippen molar-refractivity contribution in [3.05, 3.63) is 48.3 Å². The minimum absolute atomic E-state index is 0.0423. The molecule has 1 atom stereocenters. The average Bonchev–Trinajstić information content (AvgIpc) is 2.80. The van der Waals surface area contributed by atoms with Crippen LogP contribution in [0.5, 0.6) is 5.75 Å². The zero-order valence-electron chi connectivity index (χ0n) is 17.0. The lowest BCUT2D eigenvalue weighted by molar-refractivity contribution is -0.137. The molecule has 2 fully saturated rings. The molecular weight excluding hydrogens is 366 g/mol. The second-order valence-electron chi connectivity index (χ2n) is 7.78. The highest BCUT2D eigenvalue weighted by atomic mass is 16.5. The fraction of sp³-hybridized carbons (Fsp3) is 0.500. The number of nitrogens with zero attached hydrogens (tertiary/aromatic N) is 5. The van der Waals surface area contributed by atoms with Gasteiger partial charge in [-0.05, 0) is 36.6 Å². The van der Waals surface area contributed by atoms with Crippen LogP contribution >= 0.6 is 0 Å². The number of piperidine rings is 1. The molecule has 1 amide bonds. The van der Waals surface area contributed by atoms with E-state index in [-0.39, 0.29) is 11.8 Å². The van der Waals surface area contributed by atoms with E-state index in [9.17, 15) is 4.79 Å². The smallest absolute Gasteiger partial charge is 0.227 e. The molecule has 0 bridgehead atoms. The summed E-state index contributed by atoms with van der Waals surface area (Å²) in [5, 5.41) is 0. The molecule has 3 heterocycles. The van der Waals surface area contributed by atoms with Crippen LogP contribution in [0.3, 0.4) is 0 Å². The first kappa shape index (κ1) is 19.6. The molecule has 0 radical (unpaired) electrons. The van der Waals surface area contributed by atoms with Gasteiger partial charge in [0, 0.05) is 58.2 Å². The zero-order valence-corrected chi connectivity index (χ0v) is 17.0. The third-order valence-electron chi connectivity index (χ3n) is 5.85. The molecule has 29 heavy (non-hydrogen) atoms. The summed E-state index contributed by atoms with van der Waals surface area (Å²) in [5.41, 5.74) is 1.27. The molecule has 2 aliphatic heterocycles. The van der Waals surface area contributed by atoms with E-state index in [1.165, 1.54) is 5.56 Å². The van der Waals surface area contributed by atoms with E-state index < -0.39 is 0 Å². The van der Waals surface area contributed by atoms with Crippen LogP contribution in [0, 0.1) is 5.92 Å². The molecule has 0 aliphatic carbocycles. The first-order chi connectivity index (χ1) is 14.2. The summed E-state index contributed by atoms with van der Waals surface area (Å²) in [6.45, 7) is 5.97. The standard InChI is InChI=1S/C22H29N5O2/c1-29-20-7-5-18(6-8-20)16-25-12-14-26(15-13-25)21(28)19-4-2-11-27(17-19)22-23-9-3-10-24-22/h3,5-10,19H,2,4,11-17H2,1H3. The Kier molecular flexibility index (Phi) is 6.24. The van der Waals surface area contributed by atoms with Crippen molar-refractivity contribution in [3.63, 3.8) is 0 Å². The monoisotopic (exact) mass is 395 g/mol. The Balaban J connectivity index is 1.28. The molecule has 2 saturated heterocycles. The van der Waals surface area contributed by atoms with E-state index in [4.69, 9.17) is 4.74 Å². The van der Waals surface area contributed by atoms with Crippen LogP contribution in [-0.4, -0.2) is 72.1 Å². The topological polar surface area (TPSA) is 61.8 Å². The molecule has 7 nitrogen and oxygen atoms in total. The molecule has 2 aromatic rings. The Morgan fingerprint density at radius 1 is 1.07 bits per heavy atom. The van der Waals surface area contributed by atoms with Gasteiger partial charge in [-0.3, -0.25) is 9.69 Å². The van der Waals surface area contributed by atoms with E-state index in [1.54, 1.807) is 19.5 Å². The number of benzene rings is 1. The largest absolute Gasteiger partial charge is 0.497 e. The van der Waals surface area contributed by atoms with Crippen LogP contribution in [-0.2, 0) is 11.3 Å². The average molecular weight is 396 g/mol. The summed E-state index contributed by atoms with van der Waals surface area (Å²) in [6.07, 6.45) is 5.48. The maximum Gasteiger partial charge on any atom is 0.227 e. The molecule has 0 spiro atoms. The molecule has 7 heteroatoms. The Hall–Kier alpha value is -2.67. The van der Waals surface area contributed by atoms with Crippen molar-refractivity contribution in [1.29, 1.82) is 0 Å². The highest BCUT2D eigenvalue weighted by Crippen LogP contribution is 2.23. The van der Waals surface area contributed by atoms with Crippen molar-refractivity contribution >= 4 is 11.9 Å². The molecule has 1 aromatic heterocycles. The fourth-order valence-electron chi connectivity index (χ4n) is 4.19. The Labute approximate surface area is 172 Å². The van der Waals surface area contributed by atoms with E-state index in [0.717, 1.165) is 70.4 Å². The number of ether oxygens (including phenoxy) is 1. The first-order valence-corrected chi connectivity index (χ1v) is 10.4. The van der Waals surface area contributed by atoms with Gasteiger partial charge in [-0.2, -0.15) is 0 Å². The number of rotatable bonds is 5. The predicted octanol–water partition coefficient (Wildman–Crippen LogP) is 2.05. The summed E-state index contributed by atoms with van der Waals surface area (Å²) in [7, 11) is 1.68. The maximum absolute atomic E-state index is 13.1. The van der Waals surface area contributed by atoms with E-state index in [2.05, 4.69) is 31.9 Å². The van der Waals surface area contributed by atoms with E-state index >= 15 is 0 Å². The highest BCUT2D eigenvalue weighted by molar-refractivity contribution is 5.79. The third kappa shape index (κ3) is 4.85. The number of hydrogen-bond donors (Lipinski definition) is 0. The molecule has 1 unspecified atom stereocenters. The lowest BCUT2D eigenvalue weighted by Crippen LogP contribution is -2.52. The van der Waals surface area contributed by atoms with Crippen molar-refractivity contribution < 1.29 is 9.53 Å². The Morgan fingerprint density at radius 2 is 1.79 bits per heavy atom. The van der Waals surface area contributed by atoms with Crippen LogP contribution in [0.25, 0.3) is 0 Å². The molecule has 0 N–H and O–H groups in total. The van der Waals surface area contributed by atoms with Crippen LogP contribution in [0.15, 0.2) is 42.7 Å². The van der Waals surface area contributed by atoms with Crippen molar-refractivity contribution in [2.45, 2.75) is 19.4 Å². The number of amides is 1. The lowest BCUT2D eigenvalue weighted by Gasteiger charge is -2.39. The summed E-state index contributed by atoms with van der Waals surface area (Å²) in [6, 6.07) is 10.0. The van der Waals surface area contributed by atoms with Gasteiger partial charge >= 0.3 is 0 Å². The number of carbonyl (C=O) groups is 1. The molecular formula is C22H29N5O2. The minimum atomic E-state index is 0.0423. The van der Waals surface area contributed by atoms with Crippen LogP contribution in [0.2, 0.25) is 0 Å². The summed E-state index contributed by atoms with van der Waals surface area (Å²) in [4.78, 5) is 28.4. The first-order valence-electron chi connectivity index (χ1n) is 10.4. The number of anilines is 1. The van der Waals surface area contributed by atoms with Crippen LogP contribution in [0.4, 0.5) is 5.95 Å². The number of hydrogen-bond acceptors (Lipinski definition) is 6. The van der Waals surface area contributed by atoms with Gasteiger partial charge < -0.3 is 14.5 Å². The highest BCUT2D eigenvalue weighted by Gasteiger charge is 2.31. The van der Waals surface area contributed by atoms with Crippen LogP contribution < -0.4 is 9.64 Å². The van der Waals surface area contributed by atoms with Crippen molar-refractivity contribution in [1.82, 2.24) is 19.8 Å². The molecule has 0 saturated carbocycles. The van der Waals surface area contributed by atoms with Gasteiger partial charge in [0.25, 0.3) is 0 Å². The second-order valence-corrected chi connectivity index (χ2v) is 7.78. The summed E-state index contributed by atoms with van der Waals surface area (Å²) >= 11 is 0. The van der Waals surface area contributed by atoms with Crippen molar-refractivity contribution in [2.75, 3.05) is 51.3 Å². The number of piperazine rings is 1. The van der Waals surface area contributed by atoms with Gasteiger partial charge in [0.2, 0.25) is 11.9 Å². The van der Waals surface area contributed by atoms with Crippen LogP contribution in [0.1, 0.15) is 18.4 Å². The number of methoxy groups -OCH3 is 1. The molecule has 4 rings (SSSR count). The van der Waals surface area contributed by atoms with Crippen molar-refractivity contribution in [3.8, 4) is 5.75 Å². The zero-order chi connectivity index (χ0) is 20.1. The fourth-order valence-corrected chi connectivity index (χ4v) is 4.19. The van der Waals surface area contributed by atoms with Gasteiger partial charge in [0.15, 0.2) is 0 Å². The van der Waals surface area contributed by atoms with Gasteiger partial charge in [0.05, 0.1) is 13.0 Å². The van der Waals surface area contributed by atoms with E-state index in [1.807, 2.05) is 23.1 Å². The molecule has 1 aromatic carbocycles. The molecule has 2 aliphatic rings. The summed E-state index contributed by atoms with van der Waals surface area (Å²) < 4.78 is 5.22. The van der Waals surface area contributed by atoms with Gasteiger partial charge in [0.1, 0.15) is 5.75 Å². The van der Waals surface area contributed by atoms with Gasteiger partial charge in [-0.15, -0.1) is 0 Å². The number of aromatic nitrogens is 2. The van der Waals surface area contributed by atoms with E-state index in [0.29, 0.717) is 0 Å². The SMILES string of the molecule is COc1ccc(CN2CCN(C(=O)C3CCCN(c4ncccn4)C3)CC2)cc1. The second kappa shape index (κ2) is 9.22. The summed E-state index contributed by atoms with van der Waals surface area (Å²) in [5.74, 6) is 1.94. The van der Waals surface area contributed by atoms with Gasteiger partial charge in [-0.25, -0.2) is 9.97 Å². The van der Waals surface area contributed by atoms with Crippen molar-refractivity contribution in [2.24, 2.45) is 5.92 Å². The quantitative estimate of drug-likeness (QED) is 0.772. The third-order valence-corrected chi connectivity index (χ3v) is 5.85. The van der Waals surface area contributed by atoms with Gasteiger partial charge in [-0.1, -0.05) is 12.1 Å². The lowest BCUT2D eigenvalue weighted by atomic mass is 9.96. The normalized spacial score (nSPS) is 20.5. The number of carbonyl (C=O) groups excluding carboxylic acids is 1. The predicted molar refractivity (Wildman–Crippen MR) is 112 cm³/mol.